The molecule has 160 valence electrons. The van der Waals surface area contributed by atoms with Gasteiger partial charge in [0.25, 0.3) is 11.6 Å². The lowest BCUT2D eigenvalue weighted by Gasteiger charge is -2.11. The van der Waals surface area contributed by atoms with Crippen LogP contribution in [-0.2, 0) is 9.53 Å². The maximum absolute atomic E-state index is 12.6. The number of hydrogen-bond acceptors (Lipinski definition) is 9. The Hall–Kier alpha value is -3.44. The molecule has 0 atom stereocenters. The van der Waals surface area contributed by atoms with E-state index in [1.165, 1.54) is 42.3 Å². The number of aryl methyl sites for hydroxylation is 1. The number of carbonyl (C=O) groups is 2. The van der Waals surface area contributed by atoms with E-state index < -0.39 is 23.4 Å². The molecule has 0 aliphatic heterocycles. The number of nitrogens with zero attached hydrogens (tertiary/aromatic N) is 2. The highest BCUT2D eigenvalue weighted by molar-refractivity contribution is 8.01. The van der Waals surface area contributed by atoms with Gasteiger partial charge in [0.2, 0.25) is 0 Å². The number of thiazole rings is 1. The van der Waals surface area contributed by atoms with E-state index in [0.29, 0.717) is 20.7 Å². The summed E-state index contributed by atoms with van der Waals surface area (Å²) < 4.78 is 10.9. The summed E-state index contributed by atoms with van der Waals surface area (Å²) in [6.45, 7) is 1.27. The highest BCUT2D eigenvalue weighted by atomic mass is 32.2. The van der Waals surface area contributed by atoms with Crippen LogP contribution in [0.25, 0.3) is 0 Å². The first-order valence-electron chi connectivity index (χ1n) is 8.86. The van der Waals surface area contributed by atoms with Crippen LogP contribution in [-0.4, -0.2) is 35.5 Å². The van der Waals surface area contributed by atoms with E-state index in [-0.39, 0.29) is 11.3 Å². The van der Waals surface area contributed by atoms with Crippen molar-refractivity contribution in [3.63, 3.8) is 0 Å². The van der Waals surface area contributed by atoms with E-state index in [4.69, 9.17) is 9.47 Å². The Kier molecular flexibility index (Phi) is 7.21. The number of rotatable bonds is 8. The third-order valence-electron chi connectivity index (χ3n) is 3.90. The standard InChI is InChI=1S/C20H17N3O6S2/c1-12-11-30-20(21-12)31-17-8-7-13(23(26)27)9-14(17)19(25)29-10-18(24)22-15-5-3-4-6-16(15)28-2/h3-9,11H,10H2,1-2H3,(H,22,24). The Bertz CT molecular complexity index is 1130. The number of nitrogens with one attached hydrogen (secondary N) is 1. The van der Waals surface area contributed by atoms with Crippen molar-refractivity contribution in [1.82, 2.24) is 4.98 Å². The molecule has 0 saturated heterocycles. The molecule has 0 unspecified atom stereocenters. The number of esters is 1. The van der Waals surface area contributed by atoms with Gasteiger partial charge in [-0.3, -0.25) is 14.9 Å². The molecule has 1 amide bonds. The number of hydrogen-bond donors (Lipinski definition) is 1. The summed E-state index contributed by atoms with van der Waals surface area (Å²) in [4.78, 5) is 40.1. The summed E-state index contributed by atoms with van der Waals surface area (Å²) in [5.74, 6) is -0.971. The van der Waals surface area contributed by atoms with Gasteiger partial charge in [0.1, 0.15) is 5.75 Å². The van der Waals surface area contributed by atoms with Crippen LogP contribution in [0.2, 0.25) is 0 Å². The number of amides is 1. The van der Waals surface area contributed by atoms with Crippen molar-refractivity contribution in [2.24, 2.45) is 0 Å². The zero-order chi connectivity index (χ0) is 22.4. The van der Waals surface area contributed by atoms with Crippen molar-refractivity contribution >= 4 is 46.3 Å². The van der Waals surface area contributed by atoms with Crippen LogP contribution in [0.1, 0.15) is 16.1 Å². The van der Waals surface area contributed by atoms with E-state index in [0.717, 1.165) is 11.8 Å². The van der Waals surface area contributed by atoms with Gasteiger partial charge in [-0.15, -0.1) is 11.3 Å². The van der Waals surface area contributed by atoms with E-state index in [2.05, 4.69) is 10.3 Å². The second-order valence-corrected chi connectivity index (χ2v) is 8.27. The molecule has 1 N–H and O–H groups in total. The fraction of sp³-hybridized carbons (Fsp3) is 0.150. The summed E-state index contributed by atoms with van der Waals surface area (Å²) >= 11 is 2.58. The molecule has 3 aromatic rings. The van der Waals surface area contributed by atoms with Crippen LogP contribution in [0.4, 0.5) is 11.4 Å². The average molecular weight is 460 g/mol. The molecule has 9 nitrogen and oxygen atoms in total. The van der Waals surface area contributed by atoms with Crippen molar-refractivity contribution in [2.45, 2.75) is 16.2 Å². The van der Waals surface area contributed by atoms with Gasteiger partial charge in [-0.05, 0) is 25.1 Å². The number of carbonyl (C=O) groups excluding carboxylic acids is 2. The molecular weight excluding hydrogens is 442 g/mol. The smallest absolute Gasteiger partial charge is 0.340 e. The largest absolute Gasteiger partial charge is 0.495 e. The Balaban J connectivity index is 1.73. The predicted octanol–water partition coefficient (Wildman–Crippen LogP) is 4.32. The van der Waals surface area contributed by atoms with Crippen LogP contribution in [0, 0.1) is 17.0 Å². The number of nitro benzene ring substituents is 1. The molecule has 2 aromatic carbocycles. The molecule has 3 rings (SSSR count). The van der Waals surface area contributed by atoms with Gasteiger partial charge >= 0.3 is 5.97 Å². The lowest BCUT2D eigenvalue weighted by molar-refractivity contribution is -0.384. The zero-order valence-corrected chi connectivity index (χ0v) is 18.1. The van der Waals surface area contributed by atoms with E-state index in [9.17, 15) is 19.7 Å². The number of nitro groups is 1. The fourth-order valence-electron chi connectivity index (χ4n) is 2.50. The molecular formula is C20H17N3O6S2. The highest BCUT2D eigenvalue weighted by Crippen LogP contribution is 2.34. The molecule has 11 heteroatoms. The van der Waals surface area contributed by atoms with E-state index >= 15 is 0 Å². The van der Waals surface area contributed by atoms with Crippen LogP contribution in [0.15, 0.2) is 57.1 Å². The normalized spacial score (nSPS) is 10.4. The summed E-state index contributed by atoms with van der Waals surface area (Å²) in [6.07, 6.45) is 0. The van der Waals surface area contributed by atoms with Crippen LogP contribution < -0.4 is 10.1 Å². The molecule has 0 saturated carbocycles. The molecule has 1 aromatic heterocycles. The lowest BCUT2D eigenvalue weighted by Crippen LogP contribution is -2.21. The molecule has 0 radical (unpaired) electrons. The predicted molar refractivity (Wildman–Crippen MR) is 116 cm³/mol. The second kappa shape index (κ2) is 10.0. The first-order chi connectivity index (χ1) is 14.9. The topological polar surface area (TPSA) is 121 Å². The minimum atomic E-state index is -0.852. The number of ether oxygens (including phenoxy) is 2. The molecule has 0 spiro atoms. The molecule has 31 heavy (non-hydrogen) atoms. The van der Waals surface area contributed by atoms with Crippen molar-refractivity contribution < 1.29 is 24.0 Å². The summed E-state index contributed by atoms with van der Waals surface area (Å²) in [7, 11) is 1.47. The first-order valence-corrected chi connectivity index (χ1v) is 10.6. The zero-order valence-electron chi connectivity index (χ0n) is 16.5. The Morgan fingerprint density at radius 1 is 1.26 bits per heavy atom. The lowest BCUT2D eigenvalue weighted by atomic mass is 10.2. The molecule has 0 aliphatic rings. The summed E-state index contributed by atoms with van der Waals surface area (Å²) in [6, 6.07) is 10.7. The average Bonchev–Trinajstić information content (AvgIpc) is 3.17. The molecule has 0 fully saturated rings. The number of non-ortho nitro benzene ring substituents is 1. The van der Waals surface area contributed by atoms with E-state index in [1.807, 2.05) is 12.3 Å². The van der Waals surface area contributed by atoms with E-state index in [1.54, 1.807) is 24.3 Å². The highest BCUT2D eigenvalue weighted by Gasteiger charge is 2.21. The number of para-hydroxylation sites is 2. The van der Waals surface area contributed by atoms with Crippen LogP contribution in [0.5, 0.6) is 5.75 Å². The van der Waals surface area contributed by atoms with Crippen molar-refractivity contribution in [2.75, 3.05) is 19.0 Å². The maximum atomic E-state index is 12.6. The molecule has 1 heterocycles. The van der Waals surface area contributed by atoms with Gasteiger partial charge in [0.15, 0.2) is 10.9 Å². The minimum absolute atomic E-state index is 0.0165. The van der Waals surface area contributed by atoms with Crippen LogP contribution in [0.3, 0.4) is 0 Å². The summed E-state index contributed by atoms with van der Waals surface area (Å²) in [5.41, 5.74) is 0.977. The van der Waals surface area contributed by atoms with Gasteiger partial charge in [0.05, 0.1) is 23.3 Å². The van der Waals surface area contributed by atoms with Crippen molar-refractivity contribution in [3.05, 3.63) is 69.2 Å². The number of anilines is 1. The van der Waals surface area contributed by atoms with Gasteiger partial charge in [-0.2, -0.15) is 0 Å². The van der Waals surface area contributed by atoms with Crippen molar-refractivity contribution in [3.8, 4) is 5.75 Å². The Morgan fingerprint density at radius 3 is 2.71 bits per heavy atom. The molecule has 0 aliphatic carbocycles. The number of aromatic nitrogens is 1. The quantitative estimate of drug-likeness (QED) is 0.300. The Labute approximate surface area is 185 Å². The van der Waals surface area contributed by atoms with Crippen LogP contribution >= 0.6 is 23.1 Å². The fourth-order valence-corrected chi connectivity index (χ4v) is 4.39. The maximum Gasteiger partial charge on any atom is 0.340 e. The van der Waals surface area contributed by atoms with Gasteiger partial charge < -0.3 is 14.8 Å². The SMILES string of the molecule is COc1ccccc1NC(=O)COC(=O)c1cc([N+](=O)[O-])ccc1Sc1nc(C)cs1. The Morgan fingerprint density at radius 2 is 2.03 bits per heavy atom. The van der Waals surface area contributed by atoms with Crippen molar-refractivity contribution in [1.29, 1.82) is 0 Å². The van der Waals surface area contributed by atoms with Gasteiger partial charge in [-0.1, -0.05) is 23.9 Å². The van der Waals surface area contributed by atoms with Gasteiger partial charge in [-0.25, -0.2) is 9.78 Å². The van der Waals surface area contributed by atoms with Gasteiger partial charge in [0, 0.05) is 28.1 Å². The number of benzene rings is 2. The summed E-state index contributed by atoms with van der Waals surface area (Å²) in [5, 5.41) is 15.6. The third kappa shape index (κ3) is 5.80. The monoisotopic (exact) mass is 459 g/mol. The number of methoxy groups -OCH3 is 1. The first kappa shape index (κ1) is 22.2. The molecule has 0 bridgehead atoms. The third-order valence-corrected chi connectivity index (χ3v) is 6.04. The minimum Gasteiger partial charge on any atom is -0.495 e. The second-order valence-electron chi connectivity index (χ2n) is 6.12.